The maximum absolute atomic E-state index is 13.9. The molecular weight excluding hydrogens is 411 g/mol. The summed E-state index contributed by atoms with van der Waals surface area (Å²) in [7, 11) is -1.08. The van der Waals surface area contributed by atoms with Crippen LogP contribution in [0.5, 0.6) is 11.5 Å². The topological polar surface area (TPSA) is 84.9 Å². The van der Waals surface area contributed by atoms with Crippen molar-refractivity contribution >= 4 is 15.9 Å². The number of methoxy groups -OCH3 is 2. The van der Waals surface area contributed by atoms with Crippen molar-refractivity contribution in [1.82, 2.24) is 9.62 Å². The van der Waals surface area contributed by atoms with E-state index in [-0.39, 0.29) is 11.9 Å². The van der Waals surface area contributed by atoms with Crippen molar-refractivity contribution in [3.63, 3.8) is 0 Å². The SMILES string of the molecule is COc1ccc(C2CCCN2C(=O)C(C)NS(=O)(=O)c2ccccc2F)c(OC)c1. The molecule has 0 aromatic heterocycles. The molecule has 0 spiro atoms. The lowest BCUT2D eigenvalue weighted by molar-refractivity contribution is -0.133. The van der Waals surface area contributed by atoms with E-state index >= 15 is 0 Å². The van der Waals surface area contributed by atoms with Crippen LogP contribution in [0.25, 0.3) is 0 Å². The van der Waals surface area contributed by atoms with Crippen LogP contribution in [0.1, 0.15) is 31.4 Å². The van der Waals surface area contributed by atoms with E-state index in [2.05, 4.69) is 4.72 Å². The van der Waals surface area contributed by atoms with Gasteiger partial charge in [-0.15, -0.1) is 0 Å². The molecule has 2 aromatic rings. The van der Waals surface area contributed by atoms with Crippen LogP contribution in [-0.2, 0) is 14.8 Å². The van der Waals surface area contributed by atoms with Crippen LogP contribution in [0.15, 0.2) is 47.4 Å². The van der Waals surface area contributed by atoms with E-state index in [0.717, 1.165) is 30.5 Å². The molecule has 1 amide bonds. The van der Waals surface area contributed by atoms with Gasteiger partial charge in [-0.2, -0.15) is 4.72 Å². The summed E-state index contributed by atoms with van der Waals surface area (Å²) >= 11 is 0. The number of amides is 1. The first-order valence-corrected chi connectivity index (χ1v) is 11.1. The maximum atomic E-state index is 13.9. The Morgan fingerprint density at radius 3 is 2.60 bits per heavy atom. The van der Waals surface area contributed by atoms with Crippen molar-refractivity contribution in [2.75, 3.05) is 20.8 Å². The van der Waals surface area contributed by atoms with E-state index in [1.54, 1.807) is 31.3 Å². The third kappa shape index (κ3) is 4.41. The van der Waals surface area contributed by atoms with Gasteiger partial charge in [-0.1, -0.05) is 12.1 Å². The molecule has 30 heavy (non-hydrogen) atoms. The Bertz CT molecular complexity index is 1030. The molecule has 2 unspecified atom stereocenters. The monoisotopic (exact) mass is 436 g/mol. The quantitative estimate of drug-likeness (QED) is 0.722. The summed E-state index contributed by atoms with van der Waals surface area (Å²) in [6.07, 6.45) is 1.50. The largest absolute Gasteiger partial charge is 0.497 e. The number of benzene rings is 2. The number of nitrogens with one attached hydrogen (secondary N) is 1. The number of carbonyl (C=O) groups excluding carboxylic acids is 1. The Morgan fingerprint density at radius 2 is 1.93 bits per heavy atom. The van der Waals surface area contributed by atoms with Crippen molar-refractivity contribution in [1.29, 1.82) is 0 Å². The Balaban J connectivity index is 1.81. The summed E-state index contributed by atoms with van der Waals surface area (Å²) in [4.78, 5) is 14.2. The van der Waals surface area contributed by atoms with Crippen LogP contribution in [0, 0.1) is 5.82 Å². The second-order valence-corrected chi connectivity index (χ2v) is 8.75. The van der Waals surface area contributed by atoms with Gasteiger partial charge in [0.25, 0.3) is 0 Å². The number of likely N-dealkylation sites (tertiary alicyclic amines) is 1. The standard InChI is InChI=1S/C21H25FN2O5S/c1-14(23-30(26,27)20-9-5-4-7-17(20)22)21(25)24-12-6-8-18(24)16-11-10-15(28-2)13-19(16)29-3/h4-5,7,9-11,13-14,18,23H,6,8,12H2,1-3H3. The van der Waals surface area contributed by atoms with Crippen molar-refractivity contribution in [3.8, 4) is 11.5 Å². The molecular formula is C21H25FN2O5S. The summed E-state index contributed by atoms with van der Waals surface area (Å²) in [6.45, 7) is 1.95. The van der Waals surface area contributed by atoms with Gasteiger partial charge in [0.05, 0.1) is 26.3 Å². The normalized spacial score (nSPS) is 17.6. The van der Waals surface area contributed by atoms with Gasteiger partial charge in [0.1, 0.15) is 22.2 Å². The zero-order valence-corrected chi connectivity index (χ0v) is 17.9. The average Bonchev–Trinajstić information content (AvgIpc) is 3.22. The number of halogens is 1. The fourth-order valence-electron chi connectivity index (χ4n) is 3.71. The Labute approximate surface area is 175 Å². The molecule has 7 nitrogen and oxygen atoms in total. The lowest BCUT2D eigenvalue weighted by atomic mass is 10.0. The number of hydrogen-bond donors (Lipinski definition) is 1. The summed E-state index contributed by atoms with van der Waals surface area (Å²) in [5.41, 5.74) is 0.827. The fourth-order valence-corrected chi connectivity index (χ4v) is 4.98. The first-order chi connectivity index (χ1) is 14.3. The number of hydrogen-bond acceptors (Lipinski definition) is 5. The molecule has 0 bridgehead atoms. The Hall–Kier alpha value is -2.65. The fraction of sp³-hybridized carbons (Fsp3) is 0.381. The minimum Gasteiger partial charge on any atom is -0.497 e. The molecule has 2 atom stereocenters. The predicted molar refractivity (Wildman–Crippen MR) is 109 cm³/mol. The summed E-state index contributed by atoms with van der Waals surface area (Å²) in [6, 6.07) is 9.14. The van der Waals surface area contributed by atoms with E-state index in [1.807, 2.05) is 6.07 Å². The Morgan fingerprint density at radius 1 is 1.20 bits per heavy atom. The molecule has 1 fully saturated rings. The van der Waals surface area contributed by atoms with E-state index in [1.165, 1.54) is 19.1 Å². The zero-order valence-electron chi connectivity index (χ0n) is 17.1. The van der Waals surface area contributed by atoms with Crippen molar-refractivity contribution in [3.05, 3.63) is 53.8 Å². The van der Waals surface area contributed by atoms with Gasteiger partial charge < -0.3 is 14.4 Å². The molecule has 9 heteroatoms. The number of sulfonamides is 1. The van der Waals surface area contributed by atoms with Crippen LogP contribution >= 0.6 is 0 Å². The molecule has 3 rings (SSSR count). The molecule has 1 aliphatic rings. The first-order valence-electron chi connectivity index (χ1n) is 9.57. The molecule has 0 saturated carbocycles. The third-order valence-corrected chi connectivity index (χ3v) is 6.74. The highest BCUT2D eigenvalue weighted by molar-refractivity contribution is 7.89. The number of ether oxygens (including phenoxy) is 2. The number of carbonyl (C=O) groups is 1. The zero-order chi connectivity index (χ0) is 21.9. The first kappa shape index (κ1) is 22.0. The second kappa shape index (κ2) is 9.01. The highest BCUT2D eigenvalue weighted by Gasteiger charge is 2.35. The molecule has 2 aromatic carbocycles. The Kier molecular flexibility index (Phi) is 6.62. The van der Waals surface area contributed by atoms with Gasteiger partial charge in [0.15, 0.2) is 0 Å². The second-order valence-electron chi connectivity index (χ2n) is 7.07. The van der Waals surface area contributed by atoms with Gasteiger partial charge in [-0.3, -0.25) is 4.79 Å². The maximum Gasteiger partial charge on any atom is 0.244 e. The van der Waals surface area contributed by atoms with Crippen molar-refractivity contribution in [2.45, 2.75) is 36.7 Å². The van der Waals surface area contributed by atoms with E-state index in [4.69, 9.17) is 9.47 Å². The molecule has 0 radical (unpaired) electrons. The molecule has 1 aliphatic heterocycles. The van der Waals surface area contributed by atoms with Gasteiger partial charge in [-0.05, 0) is 44.0 Å². The van der Waals surface area contributed by atoms with E-state index in [9.17, 15) is 17.6 Å². The van der Waals surface area contributed by atoms with Crippen LogP contribution < -0.4 is 14.2 Å². The minimum atomic E-state index is -4.18. The van der Waals surface area contributed by atoms with Crippen molar-refractivity contribution < 1.29 is 27.1 Å². The number of nitrogens with zero attached hydrogens (tertiary/aromatic N) is 1. The highest BCUT2D eigenvalue weighted by atomic mass is 32.2. The van der Waals surface area contributed by atoms with Gasteiger partial charge in [0, 0.05) is 18.2 Å². The summed E-state index contributed by atoms with van der Waals surface area (Å²) < 4.78 is 52.0. The van der Waals surface area contributed by atoms with Gasteiger partial charge >= 0.3 is 0 Å². The third-order valence-electron chi connectivity index (χ3n) is 5.16. The smallest absolute Gasteiger partial charge is 0.244 e. The van der Waals surface area contributed by atoms with Crippen LogP contribution in [0.3, 0.4) is 0 Å². The van der Waals surface area contributed by atoms with Crippen LogP contribution in [0.2, 0.25) is 0 Å². The summed E-state index contributed by atoms with van der Waals surface area (Å²) in [5, 5.41) is 0. The summed E-state index contributed by atoms with van der Waals surface area (Å²) in [5.74, 6) is -0.0157. The molecule has 1 N–H and O–H groups in total. The lowest BCUT2D eigenvalue weighted by Crippen LogP contribution is -2.46. The number of rotatable bonds is 7. The van der Waals surface area contributed by atoms with Gasteiger partial charge in [-0.25, -0.2) is 12.8 Å². The van der Waals surface area contributed by atoms with Gasteiger partial charge in [0.2, 0.25) is 15.9 Å². The molecule has 0 aliphatic carbocycles. The van der Waals surface area contributed by atoms with E-state index < -0.39 is 26.8 Å². The van der Waals surface area contributed by atoms with Crippen molar-refractivity contribution in [2.24, 2.45) is 0 Å². The highest BCUT2D eigenvalue weighted by Crippen LogP contribution is 2.39. The van der Waals surface area contributed by atoms with Crippen LogP contribution in [0.4, 0.5) is 4.39 Å². The molecule has 1 saturated heterocycles. The lowest BCUT2D eigenvalue weighted by Gasteiger charge is -2.29. The van der Waals surface area contributed by atoms with E-state index in [0.29, 0.717) is 18.0 Å². The molecule has 162 valence electrons. The predicted octanol–water partition coefficient (Wildman–Crippen LogP) is 2.87. The van der Waals surface area contributed by atoms with Crippen LogP contribution in [-0.4, -0.2) is 46.0 Å². The average molecular weight is 437 g/mol. The molecule has 1 heterocycles. The minimum absolute atomic E-state index is 0.251.